The van der Waals surface area contributed by atoms with Gasteiger partial charge in [0, 0.05) is 0 Å². The van der Waals surface area contributed by atoms with Gasteiger partial charge in [-0.05, 0) is 0 Å². The second kappa shape index (κ2) is 8.32. The summed E-state index contributed by atoms with van der Waals surface area (Å²) in [5.74, 6) is 0. The zero-order chi connectivity index (χ0) is 14.5. The fraction of sp³-hybridized carbons (Fsp3) is 0.143. The molecular formula is C14H10Cl4Se2. The van der Waals surface area contributed by atoms with E-state index in [0.717, 1.165) is 20.7 Å². The van der Waals surface area contributed by atoms with E-state index in [1.807, 2.05) is 24.3 Å². The molecule has 20 heavy (non-hydrogen) atoms. The van der Waals surface area contributed by atoms with Crippen molar-refractivity contribution in [1.82, 2.24) is 0 Å². The molecule has 0 radical (unpaired) electrons. The van der Waals surface area contributed by atoms with Gasteiger partial charge in [0.15, 0.2) is 0 Å². The molecule has 0 aliphatic carbocycles. The Morgan fingerprint density at radius 1 is 0.650 bits per heavy atom. The summed E-state index contributed by atoms with van der Waals surface area (Å²) in [5.41, 5.74) is 2.36. The number of hydrogen-bond acceptors (Lipinski definition) is 0. The molecule has 0 N–H and O–H groups in total. The molecule has 0 saturated carbocycles. The first-order chi connectivity index (χ1) is 9.56. The van der Waals surface area contributed by atoms with E-state index >= 15 is 0 Å². The Bertz CT molecular complexity index is 548. The Labute approximate surface area is 150 Å². The first-order valence-corrected chi connectivity index (χ1v) is 14.0. The second-order valence-electron chi connectivity index (χ2n) is 4.00. The molecule has 0 spiro atoms. The summed E-state index contributed by atoms with van der Waals surface area (Å²) in [7, 11) is 0. The molecule has 0 aliphatic heterocycles. The van der Waals surface area contributed by atoms with Crippen LogP contribution in [0.5, 0.6) is 0 Å². The van der Waals surface area contributed by atoms with Crippen molar-refractivity contribution in [1.29, 1.82) is 0 Å². The summed E-state index contributed by atoms with van der Waals surface area (Å²) < 4.78 is 0. The van der Waals surface area contributed by atoms with Crippen LogP contribution in [0.25, 0.3) is 0 Å². The number of hydrogen-bond donors (Lipinski definition) is 0. The van der Waals surface area contributed by atoms with Gasteiger partial charge in [-0.1, -0.05) is 0 Å². The molecular weight excluding hydrogens is 468 g/mol. The van der Waals surface area contributed by atoms with Gasteiger partial charge in [-0.2, -0.15) is 0 Å². The minimum absolute atomic E-state index is 0.549. The van der Waals surface area contributed by atoms with Crippen molar-refractivity contribution in [2.75, 3.05) is 0 Å². The maximum atomic E-state index is 6.16. The Hall–Kier alpha value is 0.639. The summed E-state index contributed by atoms with van der Waals surface area (Å²) in [6.07, 6.45) is 0. The third-order valence-corrected chi connectivity index (χ3v) is 10.3. The third kappa shape index (κ3) is 5.12. The second-order valence-corrected chi connectivity index (χ2v) is 13.0. The van der Waals surface area contributed by atoms with Crippen LogP contribution in [0.15, 0.2) is 36.4 Å². The molecule has 0 fully saturated rings. The van der Waals surface area contributed by atoms with Crippen molar-refractivity contribution in [3.05, 3.63) is 67.6 Å². The summed E-state index contributed by atoms with van der Waals surface area (Å²) >= 11 is 25.2. The van der Waals surface area contributed by atoms with Crippen LogP contribution in [0, 0.1) is 0 Å². The Balaban J connectivity index is 1.84. The maximum absolute atomic E-state index is 6.16. The molecule has 0 aromatic heterocycles. The van der Waals surface area contributed by atoms with Crippen molar-refractivity contribution in [2.24, 2.45) is 0 Å². The first kappa shape index (κ1) is 17.0. The fourth-order valence-corrected chi connectivity index (χ4v) is 9.32. The minimum atomic E-state index is 0.549. The van der Waals surface area contributed by atoms with Gasteiger partial charge < -0.3 is 0 Å². The van der Waals surface area contributed by atoms with Gasteiger partial charge in [-0.15, -0.1) is 0 Å². The van der Waals surface area contributed by atoms with Gasteiger partial charge in [0.25, 0.3) is 0 Å². The summed E-state index contributed by atoms with van der Waals surface area (Å²) in [6.45, 7) is 0. The predicted octanol–water partition coefficient (Wildman–Crippen LogP) is 5.32. The molecule has 0 amide bonds. The zero-order valence-corrected chi connectivity index (χ0v) is 16.7. The molecule has 0 saturated heterocycles. The average molecular weight is 478 g/mol. The Kier molecular flexibility index (Phi) is 7.07. The van der Waals surface area contributed by atoms with Gasteiger partial charge in [0.2, 0.25) is 0 Å². The van der Waals surface area contributed by atoms with Crippen LogP contribution in [-0.4, -0.2) is 26.3 Å². The molecule has 0 bridgehead atoms. The van der Waals surface area contributed by atoms with E-state index in [-0.39, 0.29) is 0 Å². The Morgan fingerprint density at radius 2 is 1.05 bits per heavy atom. The van der Waals surface area contributed by atoms with Crippen molar-refractivity contribution in [3.8, 4) is 0 Å². The molecule has 106 valence electrons. The van der Waals surface area contributed by atoms with Crippen molar-refractivity contribution < 1.29 is 0 Å². The Morgan fingerprint density at radius 3 is 1.40 bits per heavy atom. The van der Waals surface area contributed by atoms with Gasteiger partial charge in [-0.3, -0.25) is 0 Å². The fourth-order valence-electron chi connectivity index (χ4n) is 1.49. The van der Waals surface area contributed by atoms with Crippen LogP contribution in [0.1, 0.15) is 11.1 Å². The van der Waals surface area contributed by atoms with E-state index in [0.29, 0.717) is 36.3 Å². The summed E-state index contributed by atoms with van der Waals surface area (Å²) in [4.78, 5) is 0. The SMILES string of the molecule is Clc1ccc(C[Se][Se]Cc2ccc(Cl)cc2Cl)c(Cl)c1. The first-order valence-electron chi connectivity index (χ1n) is 5.68. The molecule has 2 rings (SSSR count). The van der Waals surface area contributed by atoms with Crippen molar-refractivity contribution >= 4 is 72.7 Å². The van der Waals surface area contributed by atoms with Crippen molar-refractivity contribution in [2.45, 2.75) is 10.6 Å². The van der Waals surface area contributed by atoms with Crippen LogP contribution in [0.2, 0.25) is 20.1 Å². The third-order valence-electron chi connectivity index (χ3n) is 2.54. The monoisotopic (exact) mass is 478 g/mol. The van der Waals surface area contributed by atoms with E-state index in [4.69, 9.17) is 46.4 Å². The molecule has 0 nitrogen and oxygen atoms in total. The molecule has 2 aromatic carbocycles. The topological polar surface area (TPSA) is 0 Å². The van der Waals surface area contributed by atoms with Crippen LogP contribution in [0.4, 0.5) is 0 Å². The number of rotatable bonds is 5. The van der Waals surface area contributed by atoms with E-state index in [9.17, 15) is 0 Å². The molecule has 2 aromatic rings. The molecule has 0 unspecified atom stereocenters. The van der Waals surface area contributed by atoms with Crippen LogP contribution < -0.4 is 0 Å². The average Bonchev–Trinajstić information content (AvgIpc) is 2.39. The van der Waals surface area contributed by atoms with Crippen LogP contribution in [-0.2, 0) is 10.6 Å². The summed E-state index contributed by atoms with van der Waals surface area (Å²) in [5, 5.41) is 4.97. The van der Waals surface area contributed by atoms with E-state index in [1.165, 1.54) is 11.1 Å². The van der Waals surface area contributed by atoms with Crippen LogP contribution in [0.3, 0.4) is 0 Å². The summed E-state index contributed by atoms with van der Waals surface area (Å²) in [6, 6.07) is 11.4. The zero-order valence-electron chi connectivity index (χ0n) is 10.2. The molecule has 0 heterocycles. The van der Waals surface area contributed by atoms with E-state index in [1.54, 1.807) is 12.1 Å². The standard InChI is InChI=1S/C14H10Cl4Se2/c15-11-3-1-9(13(17)5-11)7-19-20-8-10-2-4-12(16)6-14(10)18/h1-6H,7-8H2. The van der Waals surface area contributed by atoms with Gasteiger partial charge in [0.05, 0.1) is 0 Å². The van der Waals surface area contributed by atoms with E-state index in [2.05, 4.69) is 0 Å². The normalized spacial score (nSPS) is 10.8. The number of halogens is 4. The number of benzene rings is 2. The molecule has 0 atom stereocenters. The molecule has 6 heteroatoms. The quantitative estimate of drug-likeness (QED) is 0.403. The predicted molar refractivity (Wildman–Crippen MR) is 91.8 cm³/mol. The van der Waals surface area contributed by atoms with Gasteiger partial charge >= 0.3 is 151 Å². The molecule has 0 aliphatic rings. The van der Waals surface area contributed by atoms with E-state index < -0.39 is 0 Å². The van der Waals surface area contributed by atoms with Crippen LogP contribution >= 0.6 is 46.4 Å². The van der Waals surface area contributed by atoms with Gasteiger partial charge in [-0.25, -0.2) is 0 Å². The van der Waals surface area contributed by atoms with Gasteiger partial charge in [0.1, 0.15) is 0 Å². The van der Waals surface area contributed by atoms with Crippen molar-refractivity contribution in [3.63, 3.8) is 0 Å².